The highest BCUT2D eigenvalue weighted by atomic mass is 35.5. The Bertz CT molecular complexity index is 1060. The number of carbonyl (C=O) groups is 2. The summed E-state index contributed by atoms with van der Waals surface area (Å²) in [7, 11) is 6.10. The van der Waals surface area contributed by atoms with E-state index in [2.05, 4.69) is 5.16 Å². The van der Waals surface area contributed by atoms with Crippen LogP contribution in [0.25, 0.3) is 6.08 Å². The SMILES string of the molecule is COc1cccc(C=CC(=NO)C(=O)O)c1OC.COc1cccc(CCC(N)C(=O)O)c1OC.Cl. The van der Waals surface area contributed by atoms with Crippen molar-refractivity contribution in [2.24, 2.45) is 10.9 Å². The van der Waals surface area contributed by atoms with Crippen LogP contribution in [0.1, 0.15) is 17.5 Å². The Morgan fingerprint density at radius 2 is 1.50 bits per heavy atom. The van der Waals surface area contributed by atoms with Crippen molar-refractivity contribution < 1.29 is 44.0 Å². The molecule has 0 aromatic heterocycles. The van der Waals surface area contributed by atoms with Crippen molar-refractivity contribution in [3.63, 3.8) is 0 Å². The fourth-order valence-corrected chi connectivity index (χ4v) is 2.94. The lowest BCUT2D eigenvalue weighted by molar-refractivity contribution is -0.138. The lowest BCUT2D eigenvalue weighted by Crippen LogP contribution is -2.30. The third kappa shape index (κ3) is 9.35. The van der Waals surface area contributed by atoms with Gasteiger partial charge in [-0.15, -0.1) is 12.4 Å². The molecule has 198 valence electrons. The number of oxime groups is 1. The van der Waals surface area contributed by atoms with E-state index in [4.69, 9.17) is 40.1 Å². The van der Waals surface area contributed by atoms with Crippen LogP contribution >= 0.6 is 12.4 Å². The van der Waals surface area contributed by atoms with E-state index in [1.54, 1.807) is 38.5 Å². The summed E-state index contributed by atoms with van der Waals surface area (Å²) in [6.07, 6.45) is 3.52. The standard InChI is InChI=1S/C12H13NO5.C12H17NO4.ClH/c1-17-10-5-3-4-8(11(10)18-2)6-7-9(13-16)12(14)15;1-16-10-5-3-4-8(11(10)17-2)6-7-9(13)12(14)15;/h3-7,16H,1-2H3,(H,14,15);3-5,9H,6-7,13H2,1-2H3,(H,14,15);1H. The molecule has 0 spiro atoms. The summed E-state index contributed by atoms with van der Waals surface area (Å²) < 4.78 is 20.7. The number of hydrogen-bond acceptors (Lipinski definition) is 9. The van der Waals surface area contributed by atoms with Gasteiger partial charge in [-0.2, -0.15) is 0 Å². The number of nitrogens with zero attached hydrogens (tertiary/aromatic N) is 1. The van der Waals surface area contributed by atoms with E-state index in [1.165, 1.54) is 26.4 Å². The van der Waals surface area contributed by atoms with E-state index >= 15 is 0 Å². The van der Waals surface area contributed by atoms with Crippen molar-refractivity contribution in [1.82, 2.24) is 0 Å². The molecule has 36 heavy (non-hydrogen) atoms. The average Bonchev–Trinajstić information content (AvgIpc) is 2.86. The van der Waals surface area contributed by atoms with Crippen LogP contribution in [-0.4, -0.2) is 67.6 Å². The molecule has 0 aliphatic heterocycles. The topological polar surface area (TPSA) is 170 Å². The second kappa shape index (κ2) is 16.6. The van der Waals surface area contributed by atoms with Gasteiger partial charge in [0.15, 0.2) is 28.7 Å². The van der Waals surface area contributed by atoms with Gasteiger partial charge in [-0.1, -0.05) is 29.4 Å². The molecule has 11 nitrogen and oxygen atoms in total. The summed E-state index contributed by atoms with van der Waals surface area (Å²) >= 11 is 0. The van der Waals surface area contributed by atoms with E-state index in [0.29, 0.717) is 41.4 Å². The Hall–Kier alpha value is -3.96. The summed E-state index contributed by atoms with van der Waals surface area (Å²) in [5.41, 5.74) is 6.49. The van der Waals surface area contributed by atoms with Crippen LogP contribution in [0.2, 0.25) is 0 Å². The molecule has 2 aromatic carbocycles. The highest BCUT2D eigenvalue weighted by Gasteiger charge is 2.14. The van der Waals surface area contributed by atoms with Crippen molar-refractivity contribution in [3.05, 3.63) is 53.6 Å². The summed E-state index contributed by atoms with van der Waals surface area (Å²) in [6.45, 7) is 0. The molecule has 0 fully saturated rings. The number of para-hydroxylation sites is 2. The zero-order valence-electron chi connectivity index (χ0n) is 20.3. The number of carboxylic acid groups (broad SMARTS) is 2. The average molecular weight is 527 g/mol. The minimum absolute atomic E-state index is 0. The molecule has 12 heteroatoms. The van der Waals surface area contributed by atoms with Gasteiger partial charge in [0, 0.05) is 5.56 Å². The van der Waals surface area contributed by atoms with Gasteiger partial charge >= 0.3 is 11.9 Å². The van der Waals surface area contributed by atoms with Gasteiger partial charge in [0.25, 0.3) is 0 Å². The molecule has 0 aliphatic carbocycles. The van der Waals surface area contributed by atoms with E-state index in [9.17, 15) is 9.59 Å². The van der Waals surface area contributed by atoms with Gasteiger partial charge < -0.3 is 40.1 Å². The lowest BCUT2D eigenvalue weighted by Gasteiger charge is -2.13. The first kappa shape index (κ1) is 32.0. The molecule has 0 radical (unpaired) electrons. The van der Waals surface area contributed by atoms with Gasteiger partial charge in [0.05, 0.1) is 28.4 Å². The van der Waals surface area contributed by atoms with Crippen LogP contribution in [0.3, 0.4) is 0 Å². The highest BCUT2D eigenvalue weighted by molar-refractivity contribution is 6.41. The number of hydrogen-bond donors (Lipinski definition) is 4. The molecule has 2 rings (SSSR count). The quantitative estimate of drug-likeness (QED) is 0.194. The predicted molar refractivity (Wildman–Crippen MR) is 136 cm³/mol. The van der Waals surface area contributed by atoms with Crippen LogP contribution in [0.15, 0.2) is 47.6 Å². The number of carboxylic acids is 2. The molecule has 0 amide bonds. The van der Waals surface area contributed by atoms with E-state index < -0.39 is 23.7 Å². The minimum atomic E-state index is -1.32. The van der Waals surface area contributed by atoms with Crippen molar-refractivity contribution in [2.45, 2.75) is 18.9 Å². The lowest BCUT2D eigenvalue weighted by atomic mass is 10.0. The number of methoxy groups -OCH3 is 4. The summed E-state index contributed by atoms with van der Waals surface area (Å²) in [5, 5.41) is 28.5. The maximum atomic E-state index is 10.6. The third-order valence-corrected chi connectivity index (χ3v) is 4.71. The van der Waals surface area contributed by atoms with Crippen LogP contribution in [0.5, 0.6) is 23.0 Å². The van der Waals surface area contributed by atoms with Crippen molar-refractivity contribution in [1.29, 1.82) is 0 Å². The fraction of sp³-hybridized carbons (Fsp3) is 0.292. The van der Waals surface area contributed by atoms with Gasteiger partial charge in [-0.3, -0.25) is 4.79 Å². The summed E-state index contributed by atoms with van der Waals surface area (Å²) in [5.74, 6) is -0.0552. The summed E-state index contributed by atoms with van der Waals surface area (Å²) in [6, 6.07) is 9.81. The Kier molecular flexibility index (Phi) is 14.8. The van der Waals surface area contributed by atoms with Crippen LogP contribution < -0.4 is 24.7 Å². The van der Waals surface area contributed by atoms with Gasteiger partial charge in [-0.25, -0.2) is 4.79 Å². The Morgan fingerprint density at radius 1 is 0.944 bits per heavy atom. The van der Waals surface area contributed by atoms with Gasteiger partial charge in [0.1, 0.15) is 6.04 Å². The Balaban J connectivity index is 0.000000663. The van der Waals surface area contributed by atoms with E-state index in [1.807, 2.05) is 12.1 Å². The molecule has 0 saturated carbocycles. The second-order valence-corrected chi connectivity index (χ2v) is 6.84. The maximum absolute atomic E-state index is 10.6. The van der Waals surface area contributed by atoms with Crippen molar-refractivity contribution >= 4 is 36.1 Å². The maximum Gasteiger partial charge on any atom is 0.357 e. The molecule has 1 atom stereocenters. The number of aryl methyl sites for hydroxylation is 1. The monoisotopic (exact) mass is 526 g/mol. The third-order valence-electron chi connectivity index (χ3n) is 4.71. The molecule has 2 aromatic rings. The number of rotatable bonds is 11. The van der Waals surface area contributed by atoms with Crippen molar-refractivity contribution in [2.75, 3.05) is 28.4 Å². The number of aliphatic carboxylic acids is 2. The molecular weight excluding hydrogens is 496 g/mol. The van der Waals surface area contributed by atoms with E-state index in [-0.39, 0.29) is 12.4 Å². The zero-order valence-corrected chi connectivity index (χ0v) is 21.2. The Morgan fingerprint density at radius 3 is 1.97 bits per heavy atom. The van der Waals surface area contributed by atoms with Crippen LogP contribution in [-0.2, 0) is 16.0 Å². The van der Waals surface area contributed by atoms with E-state index in [0.717, 1.165) is 5.56 Å². The summed E-state index contributed by atoms with van der Waals surface area (Å²) in [4.78, 5) is 21.2. The Labute approximate surface area is 215 Å². The molecule has 0 aliphatic rings. The highest BCUT2D eigenvalue weighted by Crippen LogP contribution is 2.32. The number of nitrogens with two attached hydrogens (primary N) is 1. The first-order valence-electron chi connectivity index (χ1n) is 10.3. The minimum Gasteiger partial charge on any atom is -0.493 e. The second-order valence-electron chi connectivity index (χ2n) is 6.84. The molecule has 0 heterocycles. The normalized spacial score (nSPS) is 11.4. The first-order chi connectivity index (χ1) is 16.7. The van der Waals surface area contributed by atoms with Crippen LogP contribution in [0, 0.1) is 0 Å². The zero-order chi connectivity index (χ0) is 26.4. The number of benzene rings is 2. The van der Waals surface area contributed by atoms with Gasteiger partial charge in [0.2, 0.25) is 0 Å². The largest absolute Gasteiger partial charge is 0.493 e. The van der Waals surface area contributed by atoms with Crippen LogP contribution in [0.4, 0.5) is 0 Å². The molecular formula is C24H31ClN2O9. The molecule has 1 unspecified atom stereocenters. The smallest absolute Gasteiger partial charge is 0.357 e. The molecule has 0 bridgehead atoms. The van der Waals surface area contributed by atoms with Gasteiger partial charge in [-0.05, 0) is 42.7 Å². The molecule has 5 N–H and O–H groups in total. The van der Waals surface area contributed by atoms with Crippen molar-refractivity contribution in [3.8, 4) is 23.0 Å². The number of halogens is 1. The fourth-order valence-electron chi connectivity index (χ4n) is 2.94. The number of ether oxygens (including phenoxy) is 4. The molecule has 0 saturated heterocycles. The predicted octanol–water partition coefficient (Wildman–Crippen LogP) is 3.10. The first-order valence-corrected chi connectivity index (χ1v) is 10.3.